The van der Waals surface area contributed by atoms with Crippen LogP contribution in [-0.2, 0) is 14.4 Å². The van der Waals surface area contributed by atoms with E-state index in [9.17, 15) is 9.59 Å². The number of carbonyl (C=O) groups excluding carboxylic acids is 2. The van der Waals surface area contributed by atoms with E-state index in [4.69, 9.17) is 9.25 Å². The maximum atomic E-state index is 14.1. The van der Waals surface area contributed by atoms with E-state index in [0.717, 1.165) is 26.5 Å². The number of fused-ring (bicyclic) bond motifs is 2. The van der Waals surface area contributed by atoms with E-state index < -0.39 is 18.1 Å². The highest BCUT2D eigenvalue weighted by Crippen LogP contribution is 2.49. The molecule has 4 aromatic carbocycles. The standard InChI is InChI=1S/C31H21BrN2O4/c32-21-15-13-20(14-16-21)25-17-18-26(37-25)28-27-29(38-34(28)22-9-2-1-3-10-22)31(36)33(30(27)35)24-12-6-8-19-7-4-5-11-23(19)24/h1-18,27-29H/t27-,28-,29+/m0/s1. The predicted molar refractivity (Wildman–Crippen MR) is 148 cm³/mol. The zero-order chi connectivity index (χ0) is 25.8. The van der Waals surface area contributed by atoms with Crippen LogP contribution in [0.1, 0.15) is 11.8 Å². The van der Waals surface area contributed by atoms with Gasteiger partial charge in [0.25, 0.3) is 5.91 Å². The molecule has 7 heteroatoms. The first-order chi connectivity index (χ1) is 18.6. The van der Waals surface area contributed by atoms with Crippen molar-refractivity contribution in [3.8, 4) is 11.3 Å². The second-order valence-corrected chi connectivity index (χ2v) is 10.3. The second-order valence-electron chi connectivity index (χ2n) is 9.38. The second kappa shape index (κ2) is 8.97. The van der Waals surface area contributed by atoms with Gasteiger partial charge in [0.1, 0.15) is 23.5 Å². The van der Waals surface area contributed by atoms with Crippen LogP contribution in [0, 0.1) is 5.92 Å². The van der Waals surface area contributed by atoms with Crippen molar-refractivity contribution in [1.29, 1.82) is 0 Å². The summed E-state index contributed by atoms with van der Waals surface area (Å²) < 4.78 is 7.30. The normalized spacial score (nSPS) is 20.9. The lowest BCUT2D eigenvalue weighted by molar-refractivity contribution is -0.126. The van der Waals surface area contributed by atoms with Crippen molar-refractivity contribution in [1.82, 2.24) is 0 Å². The van der Waals surface area contributed by atoms with Crippen molar-refractivity contribution < 1.29 is 18.8 Å². The smallest absolute Gasteiger partial charge is 0.266 e. The van der Waals surface area contributed by atoms with Gasteiger partial charge < -0.3 is 4.42 Å². The van der Waals surface area contributed by atoms with Gasteiger partial charge in [0.05, 0.1) is 11.4 Å². The lowest BCUT2D eigenvalue weighted by Crippen LogP contribution is -2.37. The Hall–Kier alpha value is -4.20. The highest BCUT2D eigenvalue weighted by atomic mass is 79.9. The van der Waals surface area contributed by atoms with Crippen molar-refractivity contribution in [3.05, 3.63) is 119 Å². The Balaban J connectivity index is 1.32. The number of para-hydroxylation sites is 1. The Morgan fingerprint density at radius 1 is 0.711 bits per heavy atom. The largest absolute Gasteiger partial charge is 0.459 e. The quantitative estimate of drug-likeness (QED) is 0.222. The average Bonchev–Trinajstić information content (AvgIpc) is 3.65. The van der Waals surface area contributed by atoms with E-state index in [-0.39, 0.29) is 11.8 Å². The van der Waals surface area contributed by atoms with Crippen molar-refractivity contribution >= 4 is 49.9 Å². The molecule has 186 valence electrons. The first kappa shape index (κ1) is 23.0. The molecule has 0 bridgehead atoms. The monoisotopic (exact) mass is 564 g/mol. The van der Waals surface area contributed by atoms with Gasteiger partial charge in [0, 0.05) is 15.4 Å². The summed E-state index contributed by atoms with van der Waals surface area (Å²) in [6, 6.07) is 33.8. The fraction of sp³-hybridized carbons (Fsp3) is 0.0968. The highest BCUT2D eigenvalue weighted by Gasteiger charge is 2.61. The predicted octanol–water partition coefficient (Wildman–Crippen LogP) is 6.91. The summed E-state index contributed by atoms with van der Waals surface area (Å²) in [5.41, 5.74) is 2.22. The summed E-state index contributed by atoms with van der Waals surface area (Å²) in [6.07, 6.45) is -0.965. The number of benzene rings is 4. The van der Waals surface area contributed by atoms with E-state index in [0.29, 0.717) is 17.2 Å². The average molecular weight is 565 g/mol. The number of imide groups is 1. The number of furan rings is 1. The lowest BCUT2D eigenvalue weighted by atomic mass is 9.94. The topological polar surface area (TPSA) is 63.0 Å². The number of halogens is 1. The zero-order valence-corrected chi connectivity index (χ0v) is 21.6. The molecule has 6 nitrogen and oxygen atoms in total. The SMILES string of the molecule is O=C1[C@@H]2[C@@H](ON(c3ccccc3)[C@H]2c2ccc(-c3ccc(Br)cc3)o2)C(=O)N1c1cccc2ccccc12. The van der Waals surface area contributed by atoms with E-state index >= 15 is 0 Å². The molecule has 0 saturated carbocycles. The molecular weight excluding hydrogens is 544 g/mol. The molecule has 7 rings (SSSR count). The summed E-state index contributed by atoms with van der Waals surface area (Å²) in [5, 5.41) is 3.44. The molecule has 0 radical (unpaired) electrons. The van der Waals surface area contributed by atoms with Gasteiger partial charge in [-0.1, -0.05) is 82.7 Å². The van der Waals surface area contributed by atoms with Gasteiger partial charge in [-0.15, -0.1) is 0 Å². The van der Waals surface area contributed by atoms with E-state index in [1.807, 2.05) is 109 Å². The molecule has 2 saturated heterocycles. The molecular formula is C31H21BrN2O4. The Labute approximate surface area is 227 Å². The van der Waals surface area contributed by atoms with Crippen LogP contribution in [0.15, 0.2) is 118 Å². The fourth-order valence-electron chi connectivity index (χ4n) is 5.42. The number of hydrogen-bond acceptors (Lipinski definition) is 5. The van der Waals surface area contributed by atoms with Crippen LogP contribution in [0.25, 0.3) is 22.1 Å². The van der Waals surface area contributed by atoms with Gasteiger partial charge in [-0.05, 0) is 47.9 Å². The summed E-state index contributed by atoms with van der Waals surface area (Å²) in [7, 11) is 0. The first-order valence-electron chi connectivity index (χ1n) is 12.3. The summed E-state index contributed by atoms with van der Waals surface area (Å²) in [5.74, 6) is -0.224. The minimum Gasteiger partial charge on any atom is -0.459 e. The van der Waals surface area contributed by atoms with Gasteiger partial charge in [-0.2, -0.15) is 0 Å². The van der Waals surface area contributed by atoms with Gasteiger partial charge in [-0.25, -0.2) is 9.96 Å². The Kier molecular flexibility index (Phi) is 5.42. The van der Waals surface area contributed by atoms with E-state index in [2.05, 4.69) is 15.9 Å². The maximum absolute atomic E-state index is 14.1. The molecule has 0 aliphatic carbocycles. The van der Waals surface area contributed by atoms with Crippen LogP contribution in [0.5, 0.6) is 0 Å². The minimum atomic E-state index is -0.965. The molecule has 1 aromatic heterocycles. The van der Waals surface area contributed by atoms with Crippen molar-refractivity contribution in [2.24, 2.45) is 5.92 Å². The molecule has 2 fully saturated rings. The molecule has 2 amide bonds. The van der Waals surface area contributed by atoms with Crippen LogP contribution in [-0.4, -0.2) is 17.9 Å². The van der Waals surface area contributed by atoms with Crippen LogP contribution in [0.4, 0.5) is 11.4 Å². The van der Waals surface area contributed by atoms with E-state index in [1.165, 1.54) is 4.90 Å². The van der Waals surface area contributed by atoms with Crippen LogP contribution in [0.3, 0.4) is 0 Å². The van der Waals surface area contributed by atoms with Crippen molar-refractivity contribution in [3.63, 3.8) is 0 Å². The zero-order valence-electron chi connectivity index (χ0n) is 20.0. The minimum absolute atomic E-state index is 0.304. The van der Waals surface area contributed by atoms with Gasteiger partial charge in [0.2, 0.25) is 5.91 Å². The molecule has 2 aliphatic rings. The number of amides is 2. The third-order valence-corrected chi connectivity index (χ3v) is 7.71. The maximum Gasteiger partial charge on any atom is 0.266 e. The Morgan fingerprint density at radius 2 is 1.45 bits per heavy atom. The molecule has 5 aromatic rings. The number of hydrogen-bond donors (Lipinski definition) is 0. The van der Waals surface area contributed by atoms with Gasteiger partial charge in [0.15, 0.2) is 6.10 Å². The van der Waals surface area contributed by atoms with E-state index in [1.54, 1.807) is 5.06 Å². The van der Waals surface area contributed by atoms with Gasteiger partial charge in [-0.3, -0.25) is 14.4 Å². The number of rotatable bonds is 4. The molecule has 38 heavy (non-hydrogen) atoms. The fourth-order valence-corrected chi connectivity index (χ4v) is 5.69. The molecule has 0 unspecified atom stereocenters. The number of hydroxylamine groups is 1. The summed E-state index contributed by atoms with van der Waals surface area (Å²) in [4.78, 5) is 35.4. The van der Waals surface area contributed by atoms with Gasteiger partial charge >= 0.3 is 0 Å². The van der Waals surface area contributed by atoms with Crippen LogP contribution in [0.2, 0.25) is 0 Å². The molecule has 0 spiro atoms. The highest BCUT2D eigenvalue weighted by molar-refractivity contribution is 9.10. The van der Waals surface area contributed by atoms with Crippen molar-refractivity contribution in [2.45, 2.75) is 12.1 Å². The molecule has 3 atom stereocenters. The Morgan fingerprint density at radius 3 is 2.26 bits per heavy atom. The third-order valence-electron chi connectivity index (χ3n) is 7.18. The van der Waals surface area contributed by atoms with Crippen LogP contribution >= 0.6 is 15.9 Å². The molecule has 2 aliphatic heterocycles. The summed E-state index contributed by atoms with van der Waals surface area (Å²) in [6.45, 7) is 0. The number of carbonyl (C=O) groups is 2. The van der Waals surface area contributed by atoms with Crippen LogP contribution < -0.4 is 9.96 Å². The van der Waals surface area contributed by atoms with Crippen molar-refractivity contribution in [2.75, 3.05) is 9.96 Å². The third kappa shape index (κ3) is 3.58. The molecule has 3 heterocycles. The molecule has 0 N–H and O–H groups in total. The number of nitrogens with zero attached hydrogens (tertiary/aromatic N) is 2. The summed E-state index contributed by atoms with van der Waals surface area (Å²) >= 11 is 3.47. The first-order valence-corrected chi connectivity index (χ1v) is 13.1. The Bertz CT molecular complexity index is 1680. The number of anilines is 2. The lowest BCUT2D eigenvalue weighted by Gasteiger charge is -2.27.